The predicted molar refractivity (Wildman–Crippen MR) is 143 cm³/mol. The van der Waals surface area contributed by atoms with Crippen LogP contribution in [0.25, 0.3) is 17.1 Å². The van der Waals surface area contributed by atoms with E-state index in [0.29, 0.717) is 16.7 Å². The number of nitrogens with zero attached hydrogens (tertiary/aromatic N) is 6. The lowest BCUT2D eigenvalue weighted by atomic mass is 9.88. The summed E-state index contributed by atoms with van der Waals surface area (Å²) in [7, 11) is 1.35. The summed E-state index contributed by atoms with van der Waals surface area (Å²) in [5.41, 5.74) is 2.21. The lowest BCUT2D eigenvalue weighted by Crippen LogP contribution is -2.50. The van der Waals surface area contributed by atoms with Crippen LogP contribution in [0, 0.1) is 22.0 Å². The Balaban J connectivity index is 1.40. The average molecular weight is 537 g/mol. The molecule has 0 N–H and O–H groups in total. The quantitative estimate of drug-likeness (QED) is 0.219. The van der Waals surface area contributed by atoms with Crippen molar-refractivity contribution in [1.82, 2.24) is 15.0 Å². The number of amides is 2. The molecule has 0 radical (unpaired) electrons. The van der Waals surface area contributed by atoms with E-state index in [-0.39, 0.29) is 17.1 Å². The molecular weight excluding hydrogens is 516 g/mol. The van der Waals surface area contributed by atoms with Gasteiger partial charge in [-0.05, 0) is 29.8 Å². The molecule has 2 amide bonds. The maximum Gasteiger partial charge on any atom is 0.272 e. The maximum atomic E-state index is 14.3. The van der Waals surface area contributed by atoms with Crippen LogP contribution in [0.15, 0.2) is 72.8 Å². The number of aromatic nitrogens is 3. The third-order valence-electron chi connectivity index (χ3n) is 7.84. The Morgan fingerprint density at radius 3 is 2.52 bits per heavy atom. The van der Waals surface area contributed by atoms with Crippen LogP contribution in [-0.4, -0.2) is 56.8 Å². The Labute approximate surface area is 226 Å². The molecule has 2 fully saturated rings. The molecule has 4 heterocycles. The Kier molecular flexibility index (Phi) is 5.07. The number of nitro groups is 1. The van der Waals surface area contributed by atoms with E-state index in [1.54, 1.807) is 24.3 Å². The largest absolute Gasteiger partial charge is 0.495 e. The van der Waals surface area contributed by atoms with Gasteiger partial charge in [0.25, 0.3) is 11.6 Å². The number of fused-ring (bicyclic) bond motifs is 6. The van der Waals surface area contributed by atoms with Gasteiger partial charge in [-0.1, -0.05) is 47.7 Å². The Morgan fingerprint density at radius 1 is 0.975 bits per heavy atom. The molecule has 0 spiro atoms. The Morgan fingerprint density at radius 2 is 1.73 bits per heavy atom. The first-order valence-corrected chi connectivity index (χ1v) is 12.5. The Hall–Kier alpha value is -5.39. The molecule has 2 saturated heterocycles. The van der Waals surface area contributed by atoms with Crippen LogP contribution in [0.1, 0.15) is 10.4 Å². The molecule has 0 unspecified atom stereocenters. The molecule has 3 aliphatic heterocycles. The molecule has 4 atom stereocenters. The number of para-hydroxylation sites is 2. The number of hydrogen-bond acceptors (Lipinski definition) is 9. The first kappa shape index (κ1) is 23.7. The van der Waals surface area contributed by atoms with E-state index < -0.39 is 46.6 Å². The van der Waals surface area contributed by atoms with Gasteiger partial charge < -0.3 is 9.64 Å². The van der Waals surface area contributed by atoms with E-state index >= 15 is 0 Å². The number of anilines is 2. The van der Waals surface area contributed by atoms with Gasteiger partial charge in [0.15, 0.2) is 0 Å². The van der Waals surface area contributed by atoms with Crippen LogP contribution >= 0.6 is 0 Å². The van der Waals surface area contributed by atoms with Gasteiger partial charge in [-0.25, -0.2) is 4.90 Å². The maximum absolute atomic E-state index is 14.3. The van der Waals surface area contributed by atoms with Gasteiger partial charge in [-0.2, -0.15) is 4.68 Å². The lowest BCUT2D eigenvalue weighted by Gasteiger charge is -2.36. The van der Waals surface area contributed by atoms with Gasteiger partial charge in [0.1, 0.15) is 23.0 Å². The van der Waals surface area contributed by atoms with Crippen molar-refractivity contribution >= 4 is 51.9 Å². The highest BCUT2D eigenvalue weighted by Crippen LogP contribution is 2.50. The first-order valence-electron chi connectivity index (χ1n) is 12.5. The lowest BCUT2D eigenvalue weighted by molar-refractivity contribution is -0.384. The molecule has 3 aliphatic rings. The van der Waals surface area contributed by atoms with E-state index in [2.05, 4.69) is 10.3 Å². The standard InChI is InChI=1S/C28H20N6O6/c1-40-22-13-11-16(34(38)39)14-21(22)32-26(35)23-20-12-10-15-6-2-4-8-18(15)31(20)25(24(23)27(32)36)28(37)33-19-9-5-3-7-17(19)29-30-33/h2-14,20,23-25H,1H3/t20-,23+,24+,25-/m0/s1. The molecule has 3 aromatic carbocycles. The van der Waals surface area contributed by atoms with Crippen LogP contribution in [-0.2, 0) is 9.59 Å². The summed E-state index contributed by atoms with van der Waals surface area (Å²) in [6.45, 7) is 0. The molecule has 1 aromatic heterocycles. The van der Waals surface area contributed by atoms with Gasteiger partial charge >= 0.3 is 0 Å². The number of carbonyl (C=O) groups excluding carboxylic acids is 3. The SMILES string of the molecule is COc1ccc([N+](=O)[O-])cc1N1C(=O)[C@@H]2[C@H](C1=O)[C@@H]1C=Cc3ccccc3N1[C@@H]2C(=O)n1nnc2ccccc21. The van der Waals surface area contributed by atoms with E-state index in [1.165, 1.54) is 23.9 Å². The van der Waals surface area contributed by atoms with Gasteiger partial charge in [-0.15, -0.1) is 5.10 Å². The summed E-state index contributed by atoms with van der Waals surface area (Å²) in [5, 5.41) is 19.7. The van der Waals surface area contributed by atoms with Crippen molar-refractivity contribution < 1.29 is 24.0 Å². The number of methoxy groups -OCH3 is 1. The summed E-state index contributed by atoms with van der Waals surface area (Å²) in [6.07, 6.45) is 3.70. The fourth-order valence-electron chi connectivity index (χ4n) is 6.16. The molecule has 0 aliphatic carbocycles. The van der Waals surface area contributed by atoms with Crippen molar-refractivity contribution in [3.05, 3.63) is 88.5 Å². The minimum atomic E-state index is -1.10. The van der Waals surface area contributed by atoms with Gasteiger partial charge in [0, 0.05) is 17.8 Å². The highest BCUT2D eigenvalue weighted by molar-refractivity contribution is 6.25. The molecule has 0 bridgehead atoms. The number of non-ortho nitro benzene ring substituents is 1. The molecule has 7 rings (SSSR count). The number of ether oxygens (including phenoxy) is 1. The number of hydrogen-bond donors (Lipinski definition) is 0. The summed E-state index contributed by atoms with van der Waals surface area (Å²) < 4.78 is 6.54. The highest BCUT2D eigenvalue weighted by atomic mass is 16.6. The summed E-state index contributed by atoms with van der Waals surface area (Å²) in [5.74, 6) is -3.61. The molecule has 198 valence electrons. The molecule has 12 heteroatoms. The van der Waals surface area contributed by atoms with Crippen molar-refractivity contribution in [2.24, 2.45) is 11.8 Å². The Bertz CT molecular complexity index is 1800. The minimum Gasteiger partial charge on any atom is -0.495 e. The molecule has 4 aromatic rings. The van der Waals surface area contributed by atoms with Crippen molar-refractivity contribution in [3.8, 4) is 5.75 Å². The summed E-state index contributed by atoms with van der Waals surface area (Å²) in [6, 6.07) is 16.4. The van der Waals surface area contributed by atoms with E-state index in [1.807, 2.05) is 41.3 Å². The first-order chi connectivity index (χ1) is 19.4. The second kappa shape index (κ2) is 8.56. The third-order valence-corrected chi connectivity index (χ3v) is 7.84. The zero-order chi connectivity index (χ0) is 27.7. The summed E-state index contributed by atoms with van der Waals surface area (Å²) in [4.78, 5) is 56.2. The highest BCUT2D eigenvalue weighted by Gasteiger charge is 2.65. The molecule has 40 heavy (non-hydrogen) atoms. The fraction of sp³-hybridized carbons (Fsp3) is 0.179. The summed E-state index contributed by atoms with van der Waals surface area (Å²) >= 11 is 0. The number of nitro benzene ring substituents is 1. The number of carbonyl (C=O) groups is 3. The van der Waals surface area contributed by atoms with Crippen molar-refractivity contribution in [2.75, 3.05) is 16.9 Å². The monoisotopic (exact) mass is 536 g/mol. The van der Waals surface area contributed by atoms with Crippen LogP contribution in [0.2, 0.25) is 0 Å². The number of imide groups is 1. The second-order valence-corrected chi connectivity index (χ2v) is 9.77. The number of benzene rings is 3. The normalized spacial score (nSPS) is 22.8. The van der Waals surface area contributed by atoms with Crippen molar-refractivity contribution in [1.29, 1.82) is 0 Å². The predicted octanol–water partition coefficient (Wildman–Crippen LogP) is 3.08. The van der Waals surface area contributed by atoms with Crippen LogP contribution in [0.3, 0.4) is 0 Å². The topological polar surface area (TPSA) is 141 Å². The average Bonchev–Trinajstić information content (AvgIpc) is 3.63. The third kappa shape index (κ3) is 3.16. The molecule has 12 nitrogen and oxygen atoms in total. The fourth-order valence-corrected chi connectivity index (χ4v) is 6.16. The van der Waals surface area contributed by atoms with Gasteiger partial charge in [-0.3, -0.25) is 24.5 Å². The van der Waals surface area contributed by atoms with Gasteiger partial charge in [0.05, 0.1) is 35.4 Å². The van der Waals surface area contributed by atoms with Crippen LogP contribution < -0.4 is 14.5 Å². The zero-order valence-corrected chi connectivity index (χ0v) is 20.9. The van der Waals surface area contributed by atoms with Crippen LogP contribution in [0.5, 0.6) is 5.75 Å². The zero-order valence-electron chi connectivity index (χ0n) is 20.9. The molecule has 0 saturated carbocycles. The van der Waals surface area contributed by atoms with Crippen molar-refractivity contribution in [2.45, 2.75) is 12.1 Å². The van der Waals surface area contributed by atoms with Gasteiger partial charge in [0.2, 0.25) is 11.8 Å². The van der Waals surface area contributed by atoms with E-state index in [9.17, 15) is 24.5 Å². The van der Waals surface area contributed by atoms with E-state index in [0.717, 1.165) is 16.5 Å². The second-order valence-electron chi connectivity index (χ2n) is 9.77. The smallest absolute Gasteiger partial charge is 0.272 e. The number of rotatable bonds is 4. The van der Waals surface area contributed by atoms with E-state index in [4.69, 9.17) is 4.74 Å². The van der Waals surface area contributed by atoms with Crippen molar-refractivity contribution in [3.63, 3.8) is 0 Å². The van der Waals surface area contributed by atoms with Crippen LogP contribution in [0.4, 0.5) is 17.1 Å². The molecular formula is C28H20N6O6. The minimum absolute atomic E-state index is 0.0368.